The molecule has 0 bridgehead atoms. The maximum Gasteiger partial charge on any atom is 0.407 e. The van der Waals surface area contributed by atoms with Crippen LogP contribution >= 0.6 is 11.6 Å². The lowest BCUT2D eigenvalue weighted by Gasteiger charge is -2.35. The molecule has 0 saturated heterocycles. The van der Waals surface area contributed by atoms with E-state index < -0.39 is 35.5 Å². The maximum absolute atomic E-state index is 14.8. The van der Waals surface area contributed by atoms with E-state index in [1.165, 1.54) is 29.4 Å². The normalized spacial score (nSPS) is 18.7. The molecule has 48 heavy (non-hydrogen) atoms. The first-order valence-electron chi connectivity index (χ1n) is 15.2. The molecule has 16 heteroatoms. The number of carbonyl (C=O) groups excluding carboxylic acids is 2. The van der Waals surface area contributed by atoms with Gasteiger partial charge in [-0.2, -0.15) is 13.9 Å². The molecule has 0 unspecified atom stereocenters. The van der Waals surface area contributed by atoms with Gasteiger partial charge >= 0.3 is 12.6 Å². The molecule has 1 fully saturated rings. The number of alkyl halides is 2. The number of alkyl carbamates (subject to hydrolysis) is 1. The topological polar surface area (TPSA) is 146 Å². The Balaban J connectivity index is 1.39. The van der Waals surface area contributed by atoms with E-state index in [2.05, 4.69) is 20.5 Å². The molecule has 6 rings (SSSR count). The first-order chi connectivity index (χ1) is 22.8. The van der Waals surface area contributed by atoms with Gasteiger partial charge in [0.1, 0.15) is 12.9 Å². The van der Waals surface area contributed by atoms with Crippen molar-refractivity contribution in [2.24, 2.45) is 16.1 Å². The summed E-state index contributed by atoms with van der Waals surface area (Å²) in [7, 11) is 0. The van der Waals surface area contributed by atoms with E-state index >= 15 is 0 Å². The molecular weight excluding hydrogens is 651 g/mol. The molecule has 2 amide bonds. The van der Waals surface area contributed by atoms with Gasteiger partial charge in [-0.3, -0.25) is 9.69 Å². The Kier molecular flexibility index (Phi) is 8.66. The smallest absolute Gasteiger partial charge is 0.407 e. The van der Waals surface area contributed by atoms with E-state index in [1.54, 1.807) is 30.3 Å². The van der Waals surface area contributed by atoms with Crippen molar-refractivity contribution in [2.45, 2.75) is 64.2 Å². The highest BCUT2D eigenvalue weighted by Gasteiger charge is 2.53. The predicted octanol–water partition coefficient (Wildman–Crippen LogP) is 6.01. The summed E-state index contributed by atoms with van der Waals surface area (Å²) in [5.74, 6) is -0.758. The molecule has 252 valence electrons. The molecule has 0 radical (unpaired) electrons. The van der Waals surface area contributed by atoms with Crippen molar-refractivity contribution in [3.8, 4) is 22.5 Å². The third kappa shape index (κ3) is 6.59. The van der Waals surface area contributed by atoms with Crippen molar-refractivity contribution >= 4 is 29.6 Å². The van der Waals surface area contributed by atoms with Crippen LogP contribution < -0.4 is 11.1 Å². The summed E-state index contributed by atoms with van der Waals surface area (Å²) in [5, 5.41) is 10.1. The van der Waals surface area contributed by atoms with Gasteiger partial charge in [-0.15, -0.1) is 5.10 Å². The Bertz CT molecular complexity index is 1870. The molecule has 2 aliphatic rings. The van der Waals surface area contributed by atoms with E-state index in [-0.39, 0.29) is 46.3 Å². The van der Waals surface area contributed by atoms with Gasteiger partial charge in [0.15, 0.2) is 17.3 Å². The predicted molar refractivity (Wildman–Crippen MR) is 170 cm³/mol. The highest BCUT2D eigenvalue weighted by molar-refractivity contribution is 6.33. The van der Waals surface area contributed by atoms with Crippen LogP contribution in [-0.2, 0) is 15.1 Å². The molecule has 2 aromatic carbocycles. The molecule has 2 aromatic heterocycles. The second-order valence-corrected chi connectivity index (χ2v) is 13.4. The van der Waals surface area contributed by atoms with Crippen LogP contribution in [0.5, 0.6) is 0 Å². The highest BCUT2D eigenvalue weighted by atomic mass is 35.5. The summed E-state index contributed by atoms with van der Waals surface area (Å²) in [6.45, 7) is 2.79. The van der Waals surface area contributed by atoms with Gasteiger partial charge in [0, 0.05) is 23.4 Å². The molecule has 3 heterocycles. The lowest BCUT2D eigenvalue weighted by molar-refractivity contribution is -0.135. The monoisotopic (exact) mass is 683 g/mol. The van der Waals surface area contributed by atoms with E-state index in [0.29, 0.717) is 26.9 Å². The third-order valence-corrected chi connectivity index (χ3v) is 8.45. The summed E-state index contributed by atoms with van der Waals surface area (Å²) in [6.07, 6.45) is 4.87. The van der Waals surface area contributed by atoms with Crippen molar-refractivity contribution in [2.75, 3.05) is 6.61 Å². The third-order valence-electron chi connectivity index (χ3n) is 8.12. The number of guanidine groups is 1. The Morgan fingerprint density at radius 1 is 1.15 bits per heavy atom. The molecule has 3 N–H and O–H groups in total. The van der Waals surface area contributed by atoms with Crippen LogP contribution in [-0.4, -0.2) is 60.3 Å². The number of ether oxygens (including phenoxy) is 1. The summed E-state index contributed by atoms with van der Waals surface area (Å²) < 4.78 is 46.9. The minimum Gasteiger partial charge on any atom is -0.447 e. The number of benzene rings is 2. The minimum atomic E-state index is -2.78. The second kappa shape index (κ2) is 12.6. The molecule has 1 aliphatic carbocycles. The van der Waals surface area contributed by atoms with Crippen LogP contribution in [0.3, 0.4) is 0 Å². The first-order valence-corrected chi connectivity index (χ1v) is 15.5. The number of hydrogen-bond donors (Lipinski definition) is 2. The van der Waals surface area contributed by atoms with E-state index in [0.717, 1.165) is 19.2 Å². The van der Waals surface area contributed by atoms with E-state index in [4.69, 9.17) is 27.1 Å². The van der Waals surface area contributed by atoms with Crippen LogP contribution in [0.2, 0.25) is 5.02 Å². The number of hydrogen-bond acceptors (Lipinski definition) is 8. The zero-order valence-electron chi connectivity index (χ0n) is 26.3. The minimum absolute atomic E-state index is 0.0289. The van der Waals surface area contributed by atoms with Crippen molar-refractivity contribution in [3.63, 3.8) is 0 Å². The molecular formula is C32H33ClF3N9O3. The van der Waals surface area contributed by atoms with Crippen LogP contribution in [0.1, 0.15) is 63.8 Å². The number of aliphatic imine (C=N–C) groups is 1. The standard InChI is InChI=1S/C32H33ClF3N9O3/c1-31(2,3)16-32(21-7-4-18(5-8-21)20-13-39-43(14-20)28(34)35)27(46)44(29(37)42-32)25(15-48-30(47)41-22-9-10-22)19-6-11-24(33)23(12-19)26-38-17-40-45(26)36/h4-8,11-14,17,22,25,28H,9-10,15-16H2,1-3H3,(H2,37,42)(H,41,47)/t25-,32-/m1/s1. The number of rotatable bonds is 10. The first kappa shape index (κ1) is 33.0. The number of nitrogens with two attached hydrogens (primary N) is 1. The van der Waals surface area contributed by atoms with Crippen LogP contribution in [0.25, 0.3) is 22.5 Å². The van der Waals surface area contributed by atoms with Crippen LogP contribution in [0.4, 0.5) is 18.1 Å². The summed E-state index contributed by atoms with van der Waals surface area (Å²) in [6, 6.07) is 10.5. The fourth-order valence-corrected chi connectivity index (χ4v) is 6.04. The molecule has 0 spiro atoms. The Labute approximate surface area is 278 Å². The lowest BCUT2D eigenvalue weighted by atomic mass is 9.75. The fourth-order valence-electron chi connectivity index (χ4n) is 5.84. The van der Waals surface area contributed by atoms with Crippen molar-refractivity contribution in [1.29, 1.82) is 0 Å². The average molecular weight is 684 g/mol. The maximum atomic E-state index is 14.8. The number of aromatic nitrogens is 5. The molecule has 1 saturated carbocycles. The molecule has 4 aromatic rings. The molecule has 12 nitrogen and oxygen atoms in total. The van der Waals surface area contributed by atoms with Crippen molar-refractivity contribution < 1.29 is 27.6 Å². The largest absolute Gasteiger partial charge is 0.447 e. The van der Waals surface area contributed by atoms with E-state index in [9.17, 15) is 22.9 Å². The quantitative estimate of drug-likeness (QED) is 0.208. The summed E-state index contributed by atoms with van der Waals surface area (Å²) >= 11 is 6.43. The van der Waals surface area contributed by atoms with Crippen molar-refractivity contribution in [3.05, 3.63) is 77.3 Å². The molecule has 2 atom stereocenters. The second-order valence-electron chi connectivity index (χ2n) is 13.0. The van der Waals surface area contributed by atoms with Gasteiger partial charge < -0.3 is 15.8 Å². The summed E-state index contributed by atoms with van der Waals surface area (Å²) in [5.41, 5.74) is 6.87. The highest BCUT2D eigenvalue weighted by Crippen LogP contribution is 2.45. The zero-order valence-corrected chi connectivity index (χ0v) is 27.0. The lowest BCUT2D eigenvalue weighted by Crippen LogP contribution is -2.47. The fraction of sp³-hybridized carbons (Fsp3) is 0.375. The van der Waals surface area contributed by atoms with Gasteiger partial charge in [0.25, 0.3) is 5.91 Å². The summed E-state index contributed by atoms with van der Waals surface area (Å²) in [4.78, 5) is 37.5. The van der Waals surface area contributed by atoms with Crippen molar-refractivity contribution in [1.82, 2.24) is 35.0 Å². The Morgan fingerprint density at radius 2 is 1.88 bits per heavy atom. The Hall–Kier alpha value is -4.92. The number of amides is 2. The SMILES string of the molecule is CC(C)(C)C[C@]1(c2ccc(-c3cnn(C(F)F)c3)cc2)N=C(N)N([C@H](COC(=O)NC2CC2)c2ccc(Cl)c(-c3ncnn3F)c2)C1=O. The van der Waals surface area contributed by atoms with Crippen LogP contribution in [0.15, 0.2) is 66.2 Å². The Morgan fingerprint density at radius 3 is 2.48 bits per heavy atom. The van der Waals surface area contributed by atoms with Gasteiger partial charge in [-0.05, 0) is 53.5 Å². The van der Waals surface area contributed by atoms with Gasteiger partial charge in [-0.25, -0.2) is 19.5 Å². The van der Waals surface area contributed by atoms with E-state index in [1.807, 2.05) is 20.8 Å². The average Bonchev–Trinajstić information content (AvgIpc) is 3.40. The number of carbonyl (C=O) groups is 2. The number of nitrogens with one attached hydrogen (secondary N) is 1. The van der Waals surface area contributed by atoms with Gasteiger partial charge in [0.05, 0.1) is 17.3 Å². The number of halogens is 4. The zero-order chi connectivity index (χ0) is 34.4. The van der Waals surface area contributed by atoms with Gasteiger partial charge in [0.2, 0.25) is 0 Å². The number of nitrogens with zero attached hydrogens (tertiary/aromatic N) is 7. The van der Waals surface area contributed by atoms with Gasteiger partial charge in [-0.1, -0.05) is 72.1 Å². The molecule has 1 aliphatic heterocycles. The van der Waals surface area contributed by atoms with Crippen LogP contribution in [0, 0.1) is 5.41 Å².